The molecular weight excluding hydrogens is 320 g/mol. The van der Waals surface area contributed by atoms with Gasteiger partial charge in [0.2, 0.25) is 0 Å². The molecule has 0 spiro atoms. The van der Waals surface area contributed by atoms with Crippen LogP contribution in [0.2, 0.25) is 0 Å². The average Bonchev–Trinajstić information content (AvgIpc) is 2.64. The third kappa shape index (κ3) is 4.07. The van der Waals surface area contributed by atoms with Crippen LogP contribution in [-0.4, -0.2) is 31.6 Å². The number of ketones is 1. The third-order valence-corrected chi connectivity index (χ3v) is 3.69. The first-order valence-electron chi connectivity index (χ1n) is 8.03. The Morgan fingerprint density at radius 2 is 1.92 bits per heavy atom. The summed E-state index contributed by atoms with van der Waals surface area (Å²) in [5.41, 5.74) is 2.03. The van der Waals surface area contributed by atoms with Crippen molar-refractivity contribution in [2.75, 3.05) is 19.8 Å². The summed E-state index contributed by atoms with van der Waals surface area (Å²) in [4.78, 5) is 23.8. The lowest BCUT2D eigenvalue weighted by atomic mass is 9.98. The number of hydrogen-bond acceptors (Lipinski definition) is 5. The van der Waals surface area contributed by atoms with Crippen molar-refractivity contribution < 1.29 is 23.8 Å². The van der Waals surface area contributed by atoms with Crippen LogP contribution in [0.25, 0.3) is 6.08 Å². The molecule has 2 aromatic carbocycles. The molecule has 3 rings (SSSR count). The van der Waals surface area contributed by atoms with Crippen LogP contribution in [0.4, 0.5) is 0 Å². The first-order chi connectivity index (χ1) is 12.2. The molecule has 0 atom stereocenters. The Kier molecular flexibility index (Phi) is 5.14. The van der Waals surface area contributed by atoms with E-state index >= 15 is 0 Å². The smallest absolute Gasteiger partial charge is 0.344 e. The van der Waals surface area contributed by atoms with Crippen LogP contribution in [0, 0.1) is 0 Å². The standard InChI is InChI=1S/C20H18O5/c1-2-23-19(21)13-24-16-9-7-14(8-10-16)11-15-12-25-18-6-4-3-5-17(18)20(15)22/h3-11H,2,12-13H2,1H3/b15-11-. The minimum absolute atomic E-state index is 0.0236. The number of hydrogen-bond donors (Lipinski definition) is 0. The van der Waals surface area contributed by atoms with Crippen LogP contribution in [0.15, 0.2) is 54.1 Å². The first-order valence-corrected chi connectivity index (χ1v) is 8.03. The number of rotatable bonds is 5. The summed E-state index contributed by atoms with van der Waals surface area (Å²) in [5, 5.41) is 0. The van der Waals surface area contributed by atoms with Crippen LogP contribution < -0.4 is 9.47 Å². The van der Waals surface area contributed by atoms with Gasteiger partial charge < -0.3 is 14.2 Å². The average molecular weight is 338 g/mol. The van der Waals surface area contributed by atoms with Crippen LogP contribution in [0.1, 0.15) is 22.8 Å². The maximum absolute atomic E-state index is 12.5. The van der Waals surface area contributed by atoms with Crippen molar-refractivity contribution in [2.24, 2.45) is 0 Å². The zero-order valence-corrected chi connectivity index (χ0v) is 13.9. The predicted molar refractivity (Wildman–Crippen MR) is 92.8 cm³/mol. The van der Waals surface area contributed by atoms with Gasteiger partial charge >= 0.3 is 5.97 Å². The second-order valence-corrected chi connectivity index (χ2v) is 5.45. The fourth-order valence-electron chi connectivity index (χ4n) is 2.49. The number of ether oxygens (including phenoxy) is 3. The fraction of sp³-hybridized carbons (Fsp3) is 0.200. The maximum Gasteiger partial charge on any atom is 0.344 e. The number of para-hydroxylation sites is 1. The van der Waals surface area contributed by atoms with Crippen molar-refractivity contribution in [1.82, 2.24) is 0 Å². The van der Waals surface area contributed by atoms with E-state index in [1.165, 1.54) is 0 Å². The van der Waals surface area contributed by atoms with E-state index in [1.807, 2.05) is 24.3 Å². The molecule has 0 fully saturated rings. The van der Waals surface area contributed by atoms with Crippen molar-refractivity contribution in [3.05, 3.63) is 65.2 Å². The third-order valence-electron chi connectivity index (χ3n) is 3.69. The molecule has 1 aliphatic rings. The minimum Gasteiger partial charge on any atom is -0.488 e. The molecule has 0 N–H and O–H groups in total. The van der Waals surface area contributed by atoms with Gasteiger partial charge in [-0.2, -0.15) is 0 Å². The molecule has 5 nitrogen and oxygen atoms in total. The van der Waals surface area contributed by atoms with Gasteiger partial charge in [0.15, 0.2) is 12.4 Å². The highest BCUT2D eigenvalue weighted by atomic mass is 16.6. The summed E-state index contributed by atoms with van der Waals surface area (Å²) in [7, 11) is 0. The molecule has 0 saturated heterocycles. The second kappa shape index (κ2) is 7.66. The minimum atomic E-state index is -0.405. The highest BCUT2D eigenvalue weighted by Crippen LogP contribution is 2.27. The predicted octanol–water partition coefficient (Wildman–Crippen LogP) is 3.29. The second-order valence-electron chi connectivity index (χ2n) is 5.45. The van der Waals surface area contributed by atoms with Crippen molar-refractivity contribution in [2.45, 2.75) is 6.92 Å². The Bertz CT molecular complexity index is 805. The summed E-state index contributed by atoms with van der Waals surface area (Å²) in [5.74, 6) is 0.751. The lowest BCUT2D eigenvalue weighted by Crippen LogP contribution is -2.18. The normalized spacial score (nSPS) is 14.6. The number of carbonyl (C=O) groups excluding carboxylic acids is 2. The maximum atomic E-state index is 12.5. The molecule has 1 aliphatic heterocycles. The van der Waals surface area contributed by atoms with E-state index in [0.29, 0.717) is 29.2 Å². The number of fused-ring (bicyclic) bond motifs is 1. The molecular formula is C20H18O5. The van der Waals surface area contributed by atoms with E-state index in [0.717, 1.165) is 5.56 Å². The summed E-state index contributed by atoms with van der Waals surface area (Å²) in [6.45, 7) is 2.19. The molecule has 0 radical (unpaired) electrons. The lowest BCUT2D eigenvalue weighted by molar-refractivity contribution is -0.145. The zero-order valence-electron chi connectivity index (χ0n) is 13.9. The number of esters is 1. The summed E-state index contributed by atoms with van der Waals surface area (Å²) >= 11 is 0. The Hall–Kier alpha value is -3.08. The van der Waals surface area contributed by atoms with E-state index in [4.69, 9.17) is 14.2 Å². The van der Waals surface area contributed by atoms with Gasteiger partial charge in [-0.05, 0) is 42.8 Å². The molecule has 0 aliphatic carbocycles. The molecule has 0 bridgehead atoms. The topological polar surface area (TPSA) is 61.8 Å². The summed E-state index contributed by atoms with van der Waals surface area (Å²) in [6.07, 6.45) is 1.80. The highest BCUT2D eigenvalue weighted by Gasteiger charge is 2.22. The van der Waals surface area contributed by atoms with Crippen LogP contribution in [0.5, 0.6) is 11.5 Å². The zero-order chi connectivity index (χ0) is 17.6. The van der Waals surface area contributed by atoms with Crippen LogP contribution in [0.3, 0.4) is 0 Å². The fourth-order valence-corrected chi connectivity index (χ4v) is 2.49. The Morgan fingerprint density at radius 1 is 1.16 bits per heavy atom. The van der Waals surface area contributed by atoms with E-state index < -0.39 is 5.97 Å². The largest absolute Gasteiger partial charge is 0.488 e. The van der Waals surface area contributed by atoms with Gasteiger partial charge in [-0.3, -0.25) is 4.79 Å². The first kappa shape index (κ1) is 16.8. The molecule has 128 valence electrons. The molecule has 0 unspecified atom stereocenters. The summed E-state index contributed by atoms with van der Waals surface area (Å²) in [6, 6.07) is 14.3. The molecule has 1 heterocycles. The Labute approximate surface area is 145 Å². The van der Waals surface area contributed by atoms with Gasteiger partial charge in [0.1, 0.15) is 18.1 Å². The van der Waals surface area contributed by atoms with Crippen molar-refractivity contribution in [1.29, 1.82) is 0 Å². The Balaban J connectivity index is 1.68. The molecule has 0 amide bonds. The van der Waals surface area contributed by atoms with Crippen molar-refractivity contribution in [3.8, 4) is 11.5 Å². The number of benzene rings is 2. The van der Waals surface area contributed by atoms with Crippen molar-refractivity contribution in [3.63, 3.8) is 0 Å². The molecule has 5 heteroatoms. The molecule has 0 saturated carbocycles. The molecule has 2 aromatic rings. The SMILES string of the molecule is CCOC(=O)COc1ccc(/C=C2/COc3ccccc3C2=O)cc1. The van der Waals surface area contributed by atoms with Gasteiger partial charge in [0.25, 0.3) is 0 Å². The van der Waals surface area contributed by atoms with Gasteiger partial charge in [-0.15, -0.1) is 0 Å². The van der Waals surface area contributed by atoms with Gasteiger partial charge in [0, 0.05) is 5.57 Å². The Morgan fingerprint density at radius 3 is 2.68 bits per heavy atom. The van der Waals surface area contributed by atoms with Crippen molar-refractivity contribution >= 4 is 17.8 Å². The van der Waals surface area contributed by atoms with E-state index in [9.17, 15) is 9.59 Å². The van der Waals surface area contributed by atoms with Gasteiger partial charge in [-0.1, -0.05) is 24.3 Å². The van der Waals surface area contributed by atoms with Gasteiger partial charge in [-0.25, -0.2) is 4.79 Å². The lowest BCUT2D eigenvalue weighted by Gasteiger charge is -2.18. The number of Topliss-reactive ketones (excluding diaryl/α,β-unsaturated/α-hetero) is 1. The quantitative estimate of drug-likeness (QED) is 0.618. The monoisotopic (exact) mass is 338 g/mol. The molecule has 0 aromatic heterocycles. The summed E-state index contributed by atoms with van der Waals surface area (Å²) < 4.78 is 15.8. The van der Waals surface area contributed by atoms with E-state index in [2.05, 4.69) is 0 Å². The van der Waals surface area contributed by atoms with Crippen LogP contribution >= 0.6 is 0 Å². The van der Waals surface area contributed by atoms with Gasteiger partial charge in [0.05, 0.1) is 12.2 Å². The van der Waals surface area contributed by atoms with E-state index in [-0.39, 0.29) is 19.0 Å². The highest BCUT2D eigenvalue weighted by molar-refractivity contribution is 6.14. The van der Waals surface area contributed by atoms with Crippen LogP contribution in [-0.2, 0) is 9.53 Å². The van der Waals surface area contributed by atoms with E-state index in [1.54, 1.807) is 37.3 Å². The molecule has 25 heavy (non-hydrogen) atoms. The number of carbonyl (C=O) groups is 2.